The third-order valence-corrected chi connectivity index (χ3v) is 2.88. The maximum Gasteiger partial charge on any atom is 0.259 e. The Balaban J connectivity index is 2.38. The molecule has 0 radical (unpaired) electrons. The number of rotatable bonds is 1. The number of anilines is 2. The second-order valence-corrected chi connectivity index (χ2v) is 4.18. The number of ether oxygens (including phenoxy) is 1. The van der Waals surface area contributed by atoms with Crippen molar-refractivity contribution in [1.82, 2.24) is 0 Å². The van der Waals surface area contributed by atoms with E-state index in [9.17, 15) is 9.59 Å². The zero-order valence-corrected chi connectivity index (χ0v) is 9.86. The van der Waals surface area contributed by atoms with Crippen LogP contribution < -0.4 is 10.6 Å². The molecular formula is C10H9BrN2O3. The van der Waals surface area contributed by atoms with Gasteiger partial charge >= 0.3 is 0 Å². The quantitative estimate of drug-likeness (QED) is 0.615. The Kier molecular flexibility index (Phi) is 2.93. The summed E-state index contributed by atoms with van der Waals surface area (Å²) in [5.41, 5.74) is 6.68. The lowest BCUT2D eigenvalue weighted by atomic mass is 10.2. The molecule has 2 N–H and O–H groups in total. The van der Waals surface area contributed by atoms with Crippen LogP contribution in [0.5, 0.6) is 0 Å². The molecule has 0 bridgehead atoms. The van der Waals surface area contributed by atoms with Crippen LogP contribution in [0.2, 0.25) is 0 Å². The molecule has 1 saturated heterocycles. The average Bonchev–Trinajstić information content (AvgIpc) is 2.23. The van der Waals surface area contributed by atoms with Crippen molar-refractivity contribution in [3.63, 3.8) is 0 Å². The van der Waals surface area contributed by atoms with Crippen LogP contribution in [-0.2, 0) is 14.3 Å². The van der Waals surface area contributed by atoms with Crippen LogP contribution in [0, 0.1) is 0 Å². The van der Waals surface area contributed by atoms with Gasteiger partial charge in [-0.15, -0.1) is 0 Å². The maximum absolute atomic E-state index is 11.5. The summed E-state index contributed by atoms with van der Waals surface area (Å²) in [6.07, 6.45) is 0. The number of carbonyl (C=O) groups excluding carboxylic acids is 2. The van der Waals surface area contributed by atoms with Crippen LogP contribution in [0.25, 0.3) is 0 Å². The molecule has 0 aliphatic carbocycles. The molecule has 6 heteroatoms. The van der Waals surface area contributed by atoms with E-state index in [0.29, 0.717) is 15.8 Å². The number of carbonyl (C=O) groups is 2. The van der Waals surface area contributed by atoms with Gasteiger partial charge in [-0.3, -0.25) is 9.59 Å². The molecule has 0 unspecified atom stereocenters. The minimum atomic E-state index is -0.368. The molecule has 1 aliphatic rings. The third-order valence-electron chi connectivity index (χ3n) is 2.19. The maximum atomic E-state index is 11.5. The van der Waals surface area contributed by atoms with Gasteiger partial charge in [-0.2, -0.15) is 0 Å². The van der Waals surface area contributed by atoms with Crippen LogP contribution in [-0.4, -0.2) is 25.0 Å². The Hall–Kier alpha value is -1.40. The van der Waals surface area contributed by atoms with Crippen LogP contribution in [0.3, 0.4) is 0 Å². The highest BCUT2D eigenvalue weighted by Gasteiger charge is 2.28. The first-order valence-corrected chi connectivity index (χ1v) is 5.37. The van der Waals surface area contributed by atoms with E-state index >= 15 is 0 Å². The van der Waals surface area contributed by atoms with Crippen LogP contribution in [0.15, 0.2) is 22.7 Å². The summed E-state index contributed by atoms with van der Waals surface area (Å²) in [6, 6.07) is 4.90. The monoisotopic (exact) mass is 284 g/mol. The van der Waals surface area contributed by atoms with E-state index in [-0.39, 0.29) is 25.0 Å². The highest BCUT2D eigenvalue weighted by molar-refractivity contribution is 9.10. The predicted molar refractivity (Wildman–Crippen MR) is 61.9 cm³/mol. The van der Waals surface area contributed by atoms with Crippen molar-refractivity contribution in [2.45, 2.75) is 0 Å². The molecule has 1 aliphatic heterocycles. The van der Waals surface area contributed by atoms with Crippen LogP contribution >= 0.6 is 15.9 Å². The molecule has 0 saturated carbocycles. The zero-order chi connectivity index (χ0) is 11.7. The van der Waals surface area contributed by atoms with Crippen molar-refractivity contribution in [1.29, 1.82) is 0 Å². The zero-order valence-electron chi connectivity index (χ0n) is 8.27. The molecule has 1 heterocycles. The number of imide groups is 1. The molecule has 1 aromatic rings. The Labute approximate surface area is 100 Å². The van der Waals surface area contributed by atoms with Crippen LogP contribution in [0.1, 0.15) is 0 Å². The Morgan fingerprint density at radius 2 is 1.88 bits per heavy atom. The molecule has 1 fully saturated rings. The van der Waals surface area contributed by atoms with E-state index in [1.807, 2.05) is 0 Å². The largest absolute Gasteiger partial charge is 0.398 e. The fraction of sp³-hybridized carbons (Fsp3) is 0.200. The lowest BCUT2D eigenvalue weighted by Gasteiger charge is -2.25. The molecule has 0 spiro atoms. The minimum Gasteiger partial charge on any atom is -0.398 e. The van der Waals surface area contributed by atoms with Crippen LogP contribution in [0.4, 0.5) is 11.4 Å². The predicted octanol–water partition coefficient (Wildman–Crippen LogP) is 0.921. The normalized spacial score (nSPS) is 16.7. The fourth-order valence-corrected chi connectivity index (χ4v) is 1.80. The molecule has 2 amide bonds. The summed E-state index contributed by atoms with van der Waals surface area (Å²) in [7, 11) is 0. The molecule has 1 aromatic carbocycles. The smallest absolute Gasteiger partial charge is 0.259 e. The van der Waals surface area contributed by atoms with Crippen molar-refractivity contribution in [2.24, 2.45) is 0 Å². The fourth-order valence-electron chi connectivity index (χ4n) is 1.44. The number of nitrogens with zero attached hydrogens (tertiary/aromatic N) is 1. The van der Waals surface area contributed by atoms with Gasteiger partial charge in [0, 0.05) is 10.2 Å². The minimum absolute atomic E-state index is 0.0757. The van der Waals surface area contributed by atoms with Gasteiger partial charge in [-0.1, -0.05) is 0 Å². The molecular weight excluding hydrogens is 276 g/mol. The Morgan fingerprint density at radius 1 is 1.25 bits per heavy atom. The Bertz CT molecular complexity index is 445. The van der Waals surface area contributed by atoms with E-state index in [2.05, 4.69) is 15.9 Å². The molecule has 2 rings (SSSR count). The van der Waals surface area contributed by atoms with Gasteiger partial charge in [-0.05, 0) is 34.1 Å². The molecule has 16 heavy (non-hydrogen) atoms. The first-order chi connectivity index (χ1) is 7.59. The number of nitrogens with two attached hydrogens (primary N) is 1. The van der Waals surface area contributed by atoms with Gasteiger partial charge in [0.1, 0.15) is 13.2 Å². The van der Waals surface area contributed by atoms with E-state index in [0.717, 1.165) is 4.90 Å². The van der Waals surface area contributed by atoms with E-state index < -0.39 is 0 Å². The number of halogens is 1. The van der Waals surface area contributed by atoms with Gasteiger partial charge < -0.3 is 10.5 Å². The van der Waals surface area contributed by atoms with Gasteiger partial charge in [0.25, 0.3) is 11.8 Å². The summed E-state index contributed by atoms with van der Waals surface area (Å²) in [5, 5.41) is 0. The van der Waals surface area contributed by atoms with Crippen molar-refractivity contribution < 1.29 is 14.3 Å². The molecule has 0 aromatic heterocycles. The van der Waals surface area contributed by atoms with Gasteiger partial charge in [0.05, 0.1) is 5.69 Å². The highest BCUT2D eigenvalue weighted by atomic mass is 79.9. The number of nitrogen functional groups attached to an aromatic ring is 1. The van der Waals surface area contributed by atoms with Crippen molar-refractivity contribution in [3.05, 3.63) is 22.7 Å². The first kappa shape index (κ1) is 11.1. The lowest BCUT2D eigenvalue weighted by molar-refractivity contribution is -0.138. The van der Waals surface area contributed by atoms with Gasteiger partial charge in [0.15, 0.2) is 0 Å². The Morgan fingerprint density at radius 3 is 2.44 bits per heavy atom. The summed E-state index contributed by atoms with van der Waals surface area (Å²) < 4.78 is 5.47. The van der Waals surface area contributed by atoms with Crippen molar-refractivity contribution in [2.75, 3.05) is 23.8 Å². The SMILES string of the molecule is Nc1ccc(N2C(=O)COCC2=O)cc1Br. The topological polar surface area (TPSA) is 72.6 Å². The van der Waals surface area contributed by atoms with Gasteiger partial charge in [-0.25, -0.2) is 4.90 Å². The second-order valence-electron chi connectivity index (χ2n) is 3.32. The number of hydrogen-bond acceptors (Lipinski definition) is 4. The lowest BCUT2D eigenvalue weighted by Crippen LogP contribution is -2.46. The van der Waals surface area contributed by atoms with Crippen molar-refractivity contribution >= 4 is 39.1 Å². The highest BCUT2D eigenvalue weighted by Crippen LogP contribution is 2.26. The number of benzene rings is 1. The summed E-state index contributed by atoms with van der Waals surface area (Å²) in [5.74, 6) is -0.735. The summed E-state index contributed by atoms with van der Waals surface area (Å²) in [6.45, 7) is -0.151. The number of morpholine rings is 1. The molecule has 84 valence electrons. The standard InChI is InChI=1S/C10H9BrN2O3/c11-7-3-6(1-2-8(7)12)13-9(14)4-16-5-10(13)15/h1-3H,4-5,12H2. The van der Waals surface area contributed by atoms with E-state index in [4.69, 9.17) is 10.5 Å². The number of amides is 2. The van der Waals surface area contributed by atoms with E-state index in [1.54, 1.807) is 18.2 Å². The van der Waals surface area contributed by atoms with Gasteiger partial charge in [0.2, 0.25) is 0 Å². The first-order valence-electron chi connectivity index (χ1n) is 4.58. The summed E-state index contributed by atoms with van der Waals surface area (Å²) >= 11 is 3.25. The van der Waals surface area contributed by atoms with Crippen molar-refractivity contribution in [3.8, 4) is 0 Å². The average molecular weight is 285 g/mol. The third kappa shape index (κ3) is 1.94. The van der Waals surface area contributed by atoms with E-state index in [1.165, 1.54) is 0 Å². The molecule has 5 nitrogen and oxygen atoms in total. The molecule has 0 atom stereocenters. The number of hydrogen-bond donors (Lipinski definition) is 1. The summed E-state index contributed by atoms with van der Waals surface area (Å²) in [4.78, 5) is 24.2. The second kappa shape index (κ2) is 4.23.